The molecule has 0 saturated heterocycles. The number of hydrogen-bond acceptors (Lipinski definition) is 9. The van der Waals surface area contributed by atoms with Crippen molar-refractivity contribution in [1.82, 2.24) is 15.0 Å². The molecule has 3 aromatic carbocycles. The zero-order valence-corrected chi connectivity index (χ0v) is 34.1. The summed E-state index contributed by atoms with van der Waals surface area (Å²) in [6.07, 6.45) is 15.0. The van der Waals surface area contributed by atoms with Gasteiger partial charge in [0.25, 0.3) is 0 Å². The molecule has 0 bridgehead atoms. The second-order valence-electron chi connectivity index (χ2n) is 14.8. The van der Waals surface area contributed by atoms with Crippen LogP contribution < -0.4 is 31.9 Å². The van der Waals surface area contributed by atoms with E-state index < -0.39 is 0 Å². The van der Waals surface area contributed by atoms with Crippen molar-refractivity contribution in [2.45, 2.75) is 119 Å². The van der Waals surface area contributed by atoms with E-state index in [0.29, 0.717) is 35.6 Å². The third-order valence-corrected chi connectivity index (χ3v) is 10.5. The lowest BCUT2D eigenvalue weighted by atomic mass is 9.99. The molecule has 1 heterocycles. The van der Waals surface area contributed by atoms with Crippen LogP contribution in [0.25, 0.3) is 0 Å². The van der Waals surface area contributed by atoms with Gasteiger partial charge in [0.05, 0.1) is 0 Å². The second-order valence-corrected chi connectivity index (χ2v) is 14.8. The highest BCUT2D eigenvalue weighted by Gasteiger charge is 2.11. The number of nitrogens with one attached hydrogen (secondary N) is 6. The van der Waals surface area contributed by atoms with Crippen LogP contribution in [0.5, 0.6) is 0 Å². The van der Waals surface area contributed by atoms with Crippen LogP contribution in [0.15, 0.2) is 72.8 Å². The molecule has 1 aromatic heterocycles. The first-order valence-electron chi connectivity index (χ1n) is 21.0. The summed E-state index contributed by atoms with van der Waals surface area (Å²) in [6.45, 7) is 16.6. The van der Waals surface area contributed by atoms with Gasteiger partial charge in [0.2, 0.25) is 17.8 Å². The molecule has 54 heavy (non-hydrogen) atoms. The van der Waals surface area contributed by atoms with Crippen molar-refractivity contribution in [3.8, 4) is 0 Å². The lowest BCUT2D eigenvalue weighted by molar-refractivity contribution is 0.473. The second kappa shape index (κ2) is 24.0. The average Bonchev–Trinajstić information content (AvgIpc) is 3.20. The molecule has 4 aromatic rings. The Labute approximate surface area is 326 Å². The molecule has 0 saturated carbocycles. The Kier molecular flexibility index (Phi) is 18.8. The van der Waals surface area contributed by atoms with Crippen LogP contribution in [-0.2, 0) is 0 Å². The predicted octanol–water partition coefficient (Wildman–Crippen LogP) is 13.0. The van der Waals surface area contributed by atoms with Crippen molar-refractivity contribution >= 4 is 52.0 Å². The molecule has 0 fully saturated rings. The van der Waals surface area contributed by atoms with Gasteiger partial charge in [-0.15, -0.1) is 0 Å². The van der Waals surface area contributed by atoms with Crippen LogP contribution in [-0.4, -0.2) is 34.6 Å². The molecule has 9 nitrogen and oxygen atoms in total. The molecule has 0 amide bonds. The molecule has 0 aliphatic rings. The molecule has 0 aliphatic heterocycles. The molecule has 0 spiro atoms. The summed E-state index contributed by atoms with van der Waals surface area (Å²) in [5.74, 6) is 3.43. The standard InChI is InChI=1S/C45H69N9/c1-7-13-16-34(10-4)31-46-37-19-25-40(26-20-37)49-43-52-44(50-41-27-21-38(22-28-41)47-32-35(11-5)17-14-8-2)54-45(53-43)51-42-29-23-39(24-30-42)48-33-36(12-6)18-15-9-3/h19-30,34-36,46-48H,7-18,31-33H2,1-6H3,(H3,49,50,51,52,53,54). The van der Waals surface area contributed by atoms with E-state index in [1.54, 1.807) is 0 Å². The zero-order chi connectivity index (χ0) is 38.4. The van der Waals surface area contributed by atoms with Gasteiger partial charge in [-0.05, 0) is 110 Å². The maximum absolute atomic E-state index is 4.77. The van der Waals surface area contributed by atoms with Crippen LogP contribution in [0.1, 0.15) is 119 Å². The van der Waals surface area contributed by atoms with Crippen LogP contribution in [0.4, 0.5) is 52.0 Å². The third kappa shape index (κ3) is 15.1. The number of hydrogen-bond donors (Lipinski definition) is 6. The van der Waals surface area contributed by atoms with Gasteiger partial charge < -0.3 is 31.9 Å². The molecule has 4 rings (SSSR count). The number of unbranched alkanes of at least 4 members (excludes halogenated alkanes) is 3. The summed E-state index contributed by atoms with van der Waals surface area (Å²) in [4.78, 5) is 14.3. The van der Waals surface area contributed by atoms with Crippen LogP contribution in [0.2, 0.25) is 0 Å². The van der Waals surface area contributed by atoms with E-state index >= 15 is 0 Å². The van der Waals surface area contributed by atoms with Gasteiger partial charge >= 0.3 is 0 Å². The Balaban J connectivity index is 1.46. The van der Waals surface area contributed by atoms with Gasteiger partial charge in [-0.1, -0.05) is 99.3 Å². The fourth-order valence-electron chi connectivity index (χ4n) is 6.56. The first-order valence-corrected chi connectivity index (χ1v) is 21.0. The van der Waals surface area contributed by atoms with Gasteiger partial charge in [0.15, 0.2) is 0 Å². The normalized spacial score (nSPS) is 12.8. The topological polar surface area (TPSA) is 111 Å². The van der Waals surface area contributed by atoms with Crippen molar-refractivity contribution < 1.29 is 0 Å². The molecule has 9 heteroatoms. The first kappa shape index (κ1) is 42.2. The van der Waals surface area contributed by atoms with E-state index in [1.165, 1.54) is 77.0 Å². The number of aromatic nitrogens is 3. The van der Waals surface area contributed by atoms with Gasteiger partial charge in [0.1, 0.15) is 0 Å². The third-order valence-electron chi connectivity index (χ3n) is 10.5. The van der Waals surface area contributed by atoms with E-state index in [4.69, 9.17) is 15.0 Å². The van der Waals surface area contributed by atoms with Crippen molar-refractivity contribution in [2.24, 2.45) is 17.8 Å². The zero-order valence-electron chi connectivity index (χ0n) is 34.1. The number of benzene rings is 3. The molecule has 6 N–H and O–H groups in total. The summed E-state index contributed by atoms with van der Waals surface area (Å²) >= 11 is 0. The fraction of sp³-hybridized carbons (Fsp3) is 0.533. The SMILES string of the molecule is CCCCC(CC)CNc1ccc(Nc2nc(Nc3ccc(NCC(CC)CCCC)cc3)nc(Nc3ccc(NCC(CC)CCCC)cc3)n2)cc1. The van der Waals surface area contributed by atoms with Crippen molar-refractivity contribution in [3.05, 3.63) is 72.8 Å². The van der Waals surface area contributed by atoms with Crippen LogP contribution in [0.3, 0.4) is 0 Å². The molecule has 0 radical (unpaired) electrons. The average molecular weight is 736 g/mol. The number of anilines is 9. The Morgan fingerprint density at radius 2 is 0.611 bits per heavy atom. The molecular formula is C45H69N9. The minimum Gasteiger partial charge on any atom is -0.385 e. The van der Waals surface area contributed by atoms with E-state index in [2.05, 4.69) is 146 Å². The van der Waals surface area contributed by atoms with Gasteiger partial charge in [-0.2, -0.15) is 15.0 Å². The van der Waals surface area contributed by atoms with E-state index in [9.17, 15) is 0 Å². The number of nitrogens with zero attached hydrogens (tertiary/aromatic N) is 3. The Morgan fingerprint density at radius 1 is 0.370 bits per heavy atom. The lowest BCUT2D eigenvalue weighted by Gasteiger charge is -2.17. The molecule has 3 atom stereocenters. The number of rotatable bonds is 27. The highest BCUT2D eigenvalue weighted by molar-refractivity contribution is 5.65. The van der Waals surface area contributed by atoms with Gasteiger partial charge in [-0.3, -0.25) is 0 Å². The van der Waals surface area contributed by atoms with E-state index in [-0.39, 0.29) is 0 Å². The monoisotopic (exact) mass is 736 g/mol. The van der Waals surface area contributed by atoms with Crippen LogP contribution in [0, 0.1) is 17.8 Å². The highest BCUT2D eigenvalue weighted by atomic mass is 15.3. The van der Waals surface area contributed by atoms with E-state index in [0.717, 1.165) is 53.8 Å². The Hall–Kier alpha value is -4.53. The van der Waals surface area contributed by atoms with Crippen molar-refractivity contribution in [1.29, 1.82) is 0 Å². The van der Waals surface area contributed by atoms with Crippen LogP contribution >= 0.6 is 0 Å². The summed E-state index contributed by atoms with van der Waals surface area (Å²) in [6, 6.07) is 25.0. The summed E-state index contributed by atoms with van der Waals surface area (Å²) in [5, 5.41) is 21.1. The first-order chi connectivity index (χ1) is 26.4. The minimum atomic E-state index is 0.452. The van der Waals surface area contributed by atoms with E-state index in [1.807, 2.05) is 0 Å². The molecule has 294 valence electrons. The predicted molar refractivity (Wildman–Crippen MR) is 234 cm³/mol. The fourth-order valence-corrected chi connectivity index (χ4v) is 6.56. The maximum atomic E-state index is 4.77. The van der Waals surface area contributed by atoms with Gasteiger partial charge in [0, 0.05) is 53.8 Å². The lowest BCUT2D eigenvalue weighted by Crippen LogP contribution is -2.13. The highest BCUT2D eigenvalue weighted by Crippen LogP contribution is 2.25. The van der Waals surface area contributed by atoms with Crippen molar-refractivity contribution in [2.75, 3.05) is 51.5 Å². The molecular weight excluding hydrogens is 667 g/mol. The Morgan fingerprint density at radius 3 is 0.833 bits per heavy atom. The molecule has 0 aliphatic carbocycles. The van der Waals surface area contributed by atoms with Crippen molar-refractivity contribution in [3.63, 3.8) is 0 Å². The molecule has 3 unspecified atom stereocenters. The Bertz CT molecular complexity index is 1370. The maximum Gasteiger partial charge on any atom is 0.233 e. The van der Waals surface area contributed by atoms with Gasteiger partial charge in [-0.25, -0.2) is 0 Å². The summed E-state index contributed by atoms with van der Waals surface area (Å²) in [5.41, 5.74) is 6.06. The summed E-state index contributed by atoms with van der Waals surface area (Å²) < 4.78 is 0. The smallest absolute Gasteiger partial charge is 0.233 e. The summed E-state index contributed by atoms with van der Waals surface area (Å²) in [7, 11) is 0. The minimum absolute atomic E-state index is 0.452. The largest absolute Gasteiger partial charge is 0.385 e. The quantitative estimate of drug-likeness (QED) is 0.0356.